The Hall–Kier alpha value is -1.23. The van der Waals surface area contributed by atoms with E-state index >= 15 is 0 Å². The zero-order chi connectivity index (χ0) is 12.4. The van der Waals surface area contributed by atoms with Crippen LogP contribution in [0.2, 0.25) is 0 Å². The van der Waals surface area contributed by atoms with Gasteiger partial charge in [-0.3, -0.25) is 5.84 Å². The highest BCUT2D eigenvalue weighted by Gasteiger charge is 2.17. The first-order valence-electron chi connectivity index (χ1n) is 5.57. The minimum absolute atomic E-state index is 0.0279. The molecule has 0 bridgehead atoms. The third kappa shape index (κ3) is 2.54. The maximum absolute atomic E-state index is 5.68. The summed E-state index contributed by atoms with van der Waals surface area (Å²) in [4.78, 5) is 4.51. The minimum Gasteiger partial charge on any atom is -0.271 e. The number of nitrogens with zero attached hydrogens (tertiary/aromatic N) is 1. The minimum atomic E-state index is -0.0279. The van der Waals surface area contributed by atoms with Gasteiger partial charge in [0.2, 0.25) is 0 Å². The van der Waals surface area contributed by atoms with Crippen molar-refractivity contribution in [2.75, 3.05) is 0 Å². The molecule has 0 fully saturated rings. The van der Waals surface area contributed by atoms with Gasteiger partial charge in [-0.1, -0.05) is 23.8 Å². The molecule has 1 unspecified atom stereocenters. The first-order chi connectivity index (χ1) is 8.11. The van der Waals surface area contributed by atoms with E-state index < -0.39 is 0 Å². The van der Waals surface area contributed by atoms with Gasteiger partial charge in [-0.25, -0.2) is 10.4 Å². The molecular weight excluding hydrogens is 230 g/mol. The molecule has 3 N–H and O–H groups in total. The fourth-order valence-corrected chi connectivity index (χ4v) is 2.56. The summed E-state index contributed by atoms with van der Waals surface area (Å²) in [5.41, 5.74) is 7.50. The van der Waals surface area contributed by atoms with Crippen LogP contribution in [0.3, 0.4) is 0 Å². The van der Waals surface area contributed by atoms with Crippen LogP contribution in [0.15, 0.2) is 23.6 Å². The number of nitrogens with one attached hydrogen (secondary N) is 1. The van der Waals surface area contributed by atoms with Gasteiger partial charge in [0.15, 0.2) is 0 Å². The van der Waals surface area contributed by atoms with Gasteiger partial charge < -0.3 is 0 Å². The van der Waals surface area contributed by atoms with Crippen LogP contribution in [0.1, 0.15) is 33.4 Å². The van der Waals surface area contributed by atoms with Gasteiger partial charge in [0, 0.05) is 5.38 Å². The van der Waals surface area contributed by atoms with E-state index in [9.17, 15) is 0 Å². The Bertz CT molecular complexity index is 519. The summed E-state index contributed by atoms with van der Waals surface area (Å²) in [7, 11) is 0. The summed E-state index contributed by atoms with van der Waals surface area (Å²) >= 11 is 1.65. The lowest BCUT2D eigenvalue weighted by Crippen LogP contribution is -2.29. The quantitative estimate of drug-likeness (QED) is 0.647. The van der Waals surface area contributed by atoms with Crippen LogP contribution in [0.4, 0.5) is 0 Å². The monoisotopic (exact) mass is 247 g/mol. The lowest BCUT2D eigenvalue weighted by Gasteiger charge is -2.17. The number of thiazole rings is 1. The van der Waals surface area contributed by atoms with Gasteiger partial charge in [0.05, 0.1) is 16.7 Å². The highest BCUT2D eigenvalue weighted by atomic mass is 32.1. The smallest absolute Gasteiger partial charge is 0.0898 e. The SMILES string of the molecule is Cc1ccc(C)c(C(NN)c2csc(C)n2)c1. The molecular formula is C13H17N3S. The molecule has 1 aromatic carbocycles. The third-order valence-electron chi connectivity index (χ3n) is 2.84. The van der Waals surface area contributed by atoms with Crippen molar-refractivity contribution in [1.82, 2.24) is 10.4 Å². The Morgan fingerprint density at radius 1 is 1.29 bits per heavy atom. The molecule has 1 atom stereocenters. The predicted molar refractivity (Wildman–Crippen MR) is 71.9 cm³/mol. The van der Waals surface area contributed by atoms with Crippen molar-refractivity contribution in [3.8, 4) is 0 Å². The number of benzene rings is 1. The molecule has 1 heterocycles. The molecule has 0 spiro atoms. The number of aromatic nitrogens is 1. The lowest BCUT2D eigenvalue weighted by atomic mass is 9.98. The summed E-state index contributed by atoms with van der Waals surface area (Å²) in [6.07, 6.45) is 0. The maximum atomic E-state index is 5.68. The Morgan fingerprint density at radius 2 is 2.06 bits per heavy atom. The molecule has 0 radical (unpaired) electrons. The Labute approximate surface area is 106 Å². The number of rotatable bonds is 3. The van der Waals surface area contributed by atoms with Gasteiger partial charge >= 0.3 is 0 Å². The largest absolute Gasteiger partial charge is 0.271 e. The second kappa shape index (κ2) is 4.96. The topological polar surface area (TPSA) is 50.9 Å². The van der Waals surface area contributed by atoms with E-state index in [1.165, 1.54) is 16.7 Å². The van der Waals surface area contributed by atoms with Crippen molar-refractivity contribution < 1.29 is 0 Å². The fourth-order valence-electron chi connectivity index (χ4n) is 1.92. The zero-order valence-corrected chi connectivity index (χ0v) is 11.1. The average Bonchev–Trinajstić information content (AvgIpc) is 2.71. The van der Waals surface area contributed by atoms with Crippen molar-refractivity contribution in [2.45, 2.75) is 26.8 Å². The Balaban J connectivity index is 2.45. The summed E-state index contributed by atoms with van der Waals surface area (Å²) in [5, 5.41) is 3.12. The summed E-state index contributed by atoms with van der Waals surface area (Å²) in [5.74, 6) is 5.68. The van der Waals surface area contributed by atoms with Crippen LogP contribution in [0, 0.1) is 20.8 Å². The van der Waals surface area contributed by atoms with E-state index in [1.807, 2.05) is 6.92 Å². The highest BCUT2D eigenvalue weighted by molar-refractivity contribution is 7.09. The molecule has 2 aromatic rings. The van der Waals surface area contributed by atoms with Gasteiger partial charge in [-0.05, 0) is 31.9 Å². The van der Waals surface area contributed by atoms with E-state index in [4.69, 9.17) is 5.84 Å². The number of hydrogen-bond donors (Lipinski definition) is 2. The van der Waals surface area contributed by atoms with Gasteiger partial charge in [-0.15, -0.1) is 11.3 Å². The molecule has 0 aliphatic heterocycles. The molecule has 0 aliphatic rings. The molecule has 3 nitrogen and oxygen atoms in total. The van der Waals surface area contributed by atoms with Crippen molar-refractivity contribution in [1.29, 1.82) is 0 Å². The second-order valence-electron chi connectivity index (χ2n) is 4.25. The van der Waals surface area contributed by atoms with E-state index in [0.29, 0.717) is 0 Å². The van der Waals surface area contributed by atoms with E-state index in [0.717, 1.165) is 10.7 Å². The number of aryl methyl sites for hydroxylation is 3. The normalized spacial score (nSPS) is 12.7. The molecule has 1 aromatic heterocycles. The highest BCUT2D eigenvalue weighted by Crippen LogP contribution is 2.26. The molecule has 0 saturated carbocycles. The van der Waals surface area contributed by atoms with Crippen LogP contribution < -0.4 is 11.3 Å². The number of nitrogens with two attached hydrogens (primary N) is 1. The van der Waals surface area contributed by atoms with Crippen LogP contribution in [-0.4, -0.2) is 4.98 Å². The van der Waals surface area contributed by atoms with E-state index in [-0.39, 0.29) is 6.04 Å². The summed E-state index contributed by atoms with van der Waals surface area (Å²) < 4.78 is 0. The van der Waals surface area contributed by atoms with Gasteiger partial charge in [0.1, 0.15) is 0 Å². The summed E-state index contributed by atoms with van der Waals surface area (Å²) in [6, 6.07) is 6.36. The zero-order valence-electron chi connectivity index (χ0n) is 10.3. The van der Waals surface area contributed by atoms with Crippen molar-refractivity contribution in [3.63, 3.8) is 0 Å². The number of hydrazine groups is 1. The van der Waals surface area contributed by atoms with Crippen molar-refractivity contribution in [3.05, 3.63) is 51.0 Å². The molecule has 4 heteroatoms. The van der Waals surface area contributed by atoms with Gasteiger partial charge in [0.25, 0.3) is 0 Å². The lowest BCUT2D eigenvalue weighted by molar-refractivity contribution is 0.619. The van der Waals surface area contributed by atoms with Crippen LogP contribution >= 0.6 is 11.3 Å². The molecule has 2 rings (SSSR count). The van der Waals surface area contributed by atoms with Crippen LogP contribution in [0.25, 0.3) is 0 Å². The van der Waals surface area contributed by atoms with E-state index in [1.54, 1.807) is 11.3 Å². The number of hydrogen-bond acceptors (Lipinski definition) is 4. The first-order valence-corrected chi connectivity index (χ1v) is 6.45. The molecule has 0 amide bonds. The third-order valence-corrected chi connectivity index (χ3v) is 3.64. The Kier molecular flexibility index (Phi) is 3.57. The van der Waals surface area contributed by atoms with E-state index in [2.05, 4.69) is 47.8 Å². The van der Waals surface area contributed by atoms with Crippen LogP contribution in [-0.2, 0) is 0 Å². The predicted octanol–water partition coefficient (Wildman–Crippen LogP) is 2.62. The first kappa shape index (κ1) is 12.2. The maximum Gasteiger partial charge on any atom is 0.0898 e. The van der Waals surface area contributed by atoms with Crippen molar-refractivity contribution >= 4 is 11.3 Å². The molecule has 0 saturated heterocycles. The fraction of sp³-hybridized carbons (Fsp3) is 0.308. The standard InChI is InChI=1S/C13H17N3S/c1-8-4-5-9(2)11(6-8)13(16-14)12-7-17-10(3)15-12/h4-7,13,16H,14H2,1-3H3. The molecule has 0 aliphatic carbocycles. The van der Waals surface area contributed by atoms with Crippen molar-refractivity contribution in [2.24, 2.45) is 5.84 Å². The van der Waals surface area contributed by atoms with Crippen LogP contribution in [0.5, 0.6) is 0 Å². The second-order valence-corrected chi connectivity index (χ2v) is 5.31. The molecule has 90 valence electrons. The summed E-state index contributed by atoms with van der Waals surface area (Å²) in [6.45, 7) is 6.19. The Morgan fingerprint density at radius 3 is 2.65 bits per heavy atom. The average molecular weight is 247 g/mol. The van der Waals surface area contributed by atoms with Gasteiger partial charge in [-0.2, -0.15) is 0 Å². The molecule has 17 heavy (non-hydrogen) atoms.